The van der Waals surface area contributed by atoms with Crippen molar-refractivity contribution in [1.82, 2.24) is 10.2 Å². The van der Waals surface area contributed by atoms with Gasteiger partial charge in [0.05, 0.1) is 11.7 Å². The Balaban J connectivity index is 2.21. The zero-order valence-electron chi connectivity index (χ0n) is 15.4. The van der Waals surface area contributed by atoms with Gasteiger partial charge in [0.15, 0.2) is 0 Å². The summed E-state index contributed by atoms with van der Waals surface area (Å²) in [4.78, 5) is 23.4. The highest BCUT2D eigenvalue weighted by Crippen LogP contribution is 2.39. The Morgan fingerprint density at radius 3 is 2.54 bits per heavy atom. The van der Waals surface area contributed by atoms with E-state index in [1.54, 1.807) is 11.9 Å². The van der Waals surface area contributed by atoms with E-state index in [0.29, 0.717) is 18.7 Å². The van der Waals surface area contributed by atoms with E-state index in [0.717, 1.165) is 0 Å². The van der Waals surface area contributed by atoms with E-state index in [1.807, 2.05) is 13.8 Å². The van der Waals surface area contributed by atoms with Gasteiger partial charge in [0.1, 0.15) is 36.0 Å². The van der Waals surface area contributed by atoms with E-state index in [1.165, 1.54) is 6.20 Å². The average Bonchev–Trinajstić information content (AvgIpc) is 2.85. The molecule has 4 N–H and O–H groups in total. The first-order valence-corrected chi connectivity index (χ1v) is 9.99. The van der Waals surface area contributed by atoms with Gasteiger partial charge in [0.2, 0.25) is 0 Å². The van der Waals surface area contributed by atoms with Gasteiger partial charge < -0.3 is 25.2 Å². The normalized spacial score (nSPS) is 30.3. The molecule has 5 atom stereocenters. The van der Waals surface area contributed by atoms with Gasteiger partial charge in [0, 0.05) is 19.7 Å². The molecular formula is C17H28N2O6P+. The fraction of sp³-hybridized carbons (Fsp3) is 0.647. The molecule has 1 fully saturated rings. The predicted octanol–water partition coefficient (Wildman–Crippen LogP) is 0.594. The molecule has 0 saturated carbocycles. The molecule has 2 aliphatic heterocycles. The van der Waals surface area contributed by atoms with E-state index in [9.17, 15) is 19.9 Å². The van der Waals surface area contributed by atoms with Crippen LogP contribution in [0, 0.1) is 0 Å². The number of carbonyl (C=O) groups excluding carboxylic acids is 1. The second-order valence-corrected chi connectivity index (χ2v) is 7.60. The number of aliphatic hydroxyl groups is 2. The number of nitrogens with zero attached hydrogens (tertiary/aromatic N) is 1. The van der Waals surface area contributed by atoms with E-state index in [-0.39, 0.29) is 12.0 Å². The number of aliphatic hydroxyl groups excluding tert-OH is 2. The number of amides is 1. The second kappa shape index (κ2) is 8.17. The van der Waals surface area contributed by atoms with Crippen LogP contribution in [-0.4, -0.2) is 69.3 Å². The summed E-state index contributed by atoms with van der Waals surface area (Å²) in [5, 5.41) is 23.5. The number of hydrogen-bond donors (Lipinski definition) is 4. The van der Waals surface area contributed by atoms with Crippen LogP contribution >= 0.6 is 8.00 Å². The van der Waals surface area contributed by atoms with Gasteiger partial charge in [-0.2, -0.15) is 4.89 Å². The maximum atomic E-state index is 12.2. The fourth-order valence-electron chi connectivity index (χ4n) is 3.31. The minimum absolute atomic E-state index is 0.218. The van der Waals surface area contributed by atoms with Crippen molar-refractivity contribution in [2.24, 2.45) is 0 Å². The fourth-order valence-corrected chi connectivity index (χ4v) is 4.09. The molecule has 1 saturated heterocycles. The van der Waals surface area contributed by atoms with Crippen LogP contribution < -0.4 is 5.32 Å². The number of nitrogens with one attached hydrogen (secondary N) is 1. The smallest absolute Gasteiger partial charge is 0.388 e. The summed E-state index contributed by atoms with van der Waals surface area (Å²) in [6.07, 6.45) is 2.34. The standard InChI is InChI=1S/C17H27N2O6P/c1-6-17(7-2,25-26(5)23)8-12-13(20)14(21)15(24-12)11-9-19(4)10(3)18-16(11)22/h9,12-15,20-21H,3,5-8H2,1-2,4H3,(H-,18,22,23)/p+1/t12-,13-,14-,15+/m1/s1. The topological polar surface area (TPSA) is 111 Å². The Hall–Kier alpha value is -1.28. The highest BCUT2D eigenvalue weighted by atomic mass is 31.1. The third-order valence-electron chi connectivity index (χ3n) is 5.11. The molecule has 26 heavy (non-hydrogen) atoms. The monoisotopic (exact) mass is 387 g/mol. The number of rotatable bonds is 7. The van der Waals surface area contributed by atoms with Crippen molar-refractivity contribution in [1.29, 1.82) is 0 Å². The summed E-state index contributed by atoms with van der Waals surface area (Å²) in [5.74, 6) is -0.00500. The van der Waals surface area contributed by atoms with Crippen LogP contribution in [0.3, 0.4) is 0 Å². The summed E-state index contributed by atoms with van der Waals surface area (Å²) >= 11 is 0. The Kier molecular flexibility index (Phi) is 6.60. The first kappa shape index (κ1) is 21.0. The maximum absolute atomic E-state index is 12.2. The quantitative estimate of drug-likeness (QED) is 0.473. The van der Waals surface area contributed by atoms with Crippen molar-refractivity contribution in [3.63, 3.8) is 0 Å². The molecule has 9 heteroatoms. The second-order valence-electron chi connectivity index (χ2n) is 6.71. The SMILES string of the molecule is C=C1NC(=O)C([C@@H]2O[C@H](CC(CC)(CC)O[P+](=C)O)[C@@H](O)[C@H]2O)=CN1C. The lowest BCUT2D eigenvalue weighted by atomic mass is 9.88. The molecule has 0 spiro atoms. The van der Waals surface area contributed by atoms with Crippen LogP contribution in [0.4, 0.5) is 0 Å². The van der Waals surface area contributed by atoms with Gasteiger partial charge in [-0.05, 0) is 12.8 Å². The lowest BCUT2D eigenvalue weighted by Crippen LogP contribution is -2.43. The van der Waals surface area contributed by atoms with Crippen LogP contribution in [0.5, 0.6) is 0 Å². The minimum atomic E-state index is -1.83. The molecule has 146 valence electrons. The number of ether oxygens (including phenoxy) is 1. The lowest BCUT2D eigenvalue weighted by molar-refractivity contribution is -0.119. The minimum Gasteiger partial charge on any atom is -0.388 e. The highest BCUT2D eigenvalue weighted by molar-refractivity contribution is 7.44. The van der Waals surface area contributed by atoms with Crippen molar-refractivity contribution in [2.75, 3.05) is 7.05 Å². The van der Waals surface area contributed by atoms with Gasteiger partial charge in [0.25, 0.3) is 5.91 Å². The number of hydrogen-bond acceptors (Lipinski definition) is 7. The van der Waals surface area contributed by atoms with Gasteiger partial charge >= 0.3 is 8.00 Å². The summed E-state index contributed by atoms with van der Waals surface area (Å²) in [7, 11) is -0.118. The zero-order valence-corrected chi connectivity index (χ0v) is 16.3. The van der Waals surface area contributed by atoms with E-state index < -0.39 is 43.9 Å². The molecule has 8 nitrogen and oxygen atoms in total. The van der Waals surface area contributed by atoms with Crippen LogP contribution in [0.2, 0.25) is 0 Å². The van der Waals surface area contributed by atoms with Gasteiger partial charge in [-0.15, -0.1) is 4.52 Å². The van der Waals surface area contributed by atoms with E-state index in [2.05, 4.69) is 18.2 Å². The van der Waals surface area contributed by atoms with Crippen molar-refractivity contribution in [3.8, 4) is 0 Å². The van der Waals surface area contributed by atoms with Gasteiger partial charge in [-0.25, -0.2) is 0 Å². The van der Waals surface area contributed by atoms with Crippen LogP contribution in [0.1, 0.15) is 33.1 Å². The predicted molar refractivity (Wildman–Crippen MR) is 99.1 cm³/mol. The molecule has 0 aliphatic carbocycles. The van der Waals surface area contributed by atoms with Crippen molar-refractivity contribution >= 4 is 20.2 Å². The molecule has 1 unspecified atom stereocenters. The Bertz CT molecular complexity index is 618. The van der Waals surface area contributed by atoms with Gasteiger partial charge in [-0.1, -0.05) is 20.4 Å². The van der Waals surface area contributed by atoms with Crippen molar-refractivity contribution < 1.29 is 29.2 Å². The van der Waals surface area contributed by atoms with Crippen molar-refractivity contribution in [2.45, 2.75) is 63.1 Å². The first-order chi connectivity index (χ1) is 12.1. The largest absolute Gasteiger partial charge is 0.420 e. The Morgan fingerprint density at radius 1 is 1.38 bits per heavy atom. The molecule has 1 amide bonds. The summed E-state index contributed by atoms with van der Waals surface area (Å²) in [6.45, 7) is 7.53. The molecule has 2 rings (SSSR count). The zero-order chi connectivity index (χ0) is 19.6. The third-order valence-corrected chi connectivity index (χ3v) is 5.71. The lowest BCUT2D eigenvalue weighted by Gasteiger charge is -2.30. The molecule has 0 aromatic carbocycles. The summed E-state index contributed by atoms with van der Waals surface area (Å²) in [6, 6.07) is 0. The van der Waals surface area contributed by atoms with Crippen LogP contribution in [-0.2, 0) is 14.1 Å². The summed E-state index contributed by atoms with van der Waals surface area (Å²) < 4.78 is 11.5. The Morgan fingerprint density at radius 2 is 2.00 bits per heavy atom. The van der Waals surface area contributed by atoms with E-state index in [4.69, 9.17) is 9.26 Å². The third kappa shape index (κ3) is 4.17. The molecule has 2 heterocycles. The average molecular weight is 387 g/mol. The maximum Gasteiger partial charge on any atom is 0.420 e. The summed E-state index contributed by atoms with van der Waals surface area (Å²) in [5.41, 5.74) is -0.508. The molecule has 0 aromatic heterocycles. The highest BCUT2D eigenvalue weighted by Gasteiger charge is 2.50. The van der Waals surface area contributed by atoms with Gasteiger partial charge in [-0.3, -0.25) is 4.79 Å². The molecular weight excluding hydrogens is 359 g/mol. The molecule has 0 radical (unpaired) electrons. The molecule has 2 aliphatic rings. The van der Waals surface area contributed by atoms with Crippen LogP contribution in [0.15, 0.2) is 24.2 Å². The number of carbonyl (C=O) groups is 1. The van der Waals surface area contributed by atoms with E-state index >= 15 is 0 Å². The molecule has 0 aromatic rings. The molecule has 0 bridgehead atoms. The Labute approximate surface area is 154 Å². The van der Waals surface area contributed by atoms with Crippen molar-refractivity contribution in [3.05, 3.63) is 24.2 Å². The van der Waals surface area contributed by atoms with Crippen LogP contribution in [0.25, 0.3) is 0 Å². The first-order valence-electron chi connectivity index (χ1n) is 8.59.